The van der Waals surface area contributed by atoms with Crippen LogP contribution in [0.25, 0.3) is 0 Å². The SMILES string of the molecule is O=C(N1CCOCC1)N1CCN(CC2=NS(=O)(=O)c3ccccc3N2)CC1. The van der Waals surface area contributed by atoms with Crippen LogP contribution >= 0.6 is 0 Å². The number of piperazine rings is 1. The van der Waals surface area contributed by atoms with Crippen LogP contribution in [-0.2, 0) is 14.8 Å². The lowest BCUT2D eigenvalue weighted by Crippen LogP contribution is -2.55. The minimum absolute atomic E-state index is 0.0580. The molecule has 0 saturated carbocycles. The molecule has 4 rings (SSSR count). The molecule has 3 aliphatic heterocycles. The fraction of sp³-hybridized carbons (Fsp3) is 0.529. The van der Waals surface area contributed by atoms with Crippen LogP contribution in [0.15, 0.2) is 33.6 Å². The summed E-state index contributed by atoms with van der Waals surface area (Å²) in [5.41, 5.74) is 0.559. The van der Waals surface area contributed by atoms with Crippen molar-refractivity contribution in [3.05, 3.63) is 24.3 Å². The van der Waals surface area contributed by atoms with Gasteiger partial charge >= 0.3 is 6.03 Å². The zero-order valence-corrected chi connectivity index (χ0v) is 15.8. The number of para-hydroxylation sites is 1. The number of carbonyl (C=O) groups excluding carboxylic acids is 1. The van der Waals surface area contributed by atoms with Crippen molar-refractivity contribution >= 4 is 27.6 Å². The lowest BCUT2D eigenvalue weighted by molar-refractivity contribution is 0.0384. The maximum atomic E-state index is 12.5. The summed E-state index contributed by atoms with van der Waals surface area (Å²) in [4.78, 5) is 18.5. The van der Waals surface area contributed by atoms with Crippen molar-refractivity contribution in [3.8, 4) is 0 Å². The second-order valence-electron chi connectivity index (χ2n) is 6.78. The summed E-state index contributed by atoms with van der Waals surface area (Å²) in [6, 6.07) is 6.82. The van der Waals surface area contributed by atoms with Gasteiger partial charge in [0.05, 0.1) is 25.4 Å². The molecule has 2 saturated heterocycles. The van der Waals surface area contributed by atoms with E-state index in [2.05, 4.69) is 14.6 Å². The van der Waals surface area contributed by atoms with E-state index in [9.17, 15) is 13.2 Å². The van der Waals surface area contributed by atoms with Crippen molar-refractivity contribution in [3.63, 3.8) is 0 Å². The Kier molecular flexibility index (Phi) is 5.02. The van der Waals surface area contributed by atoms with E-state index in [1.165, 1.54) is 0 Å². The number of fused-ring (bicyclic) bond motifs is 1. The number of benzene rings is 1. The summed E-state index contributed by atoms with van der Waals surface area (Å²) in [5.74, 6) is 0.418. The van der Waals surface area contributed by atoms with E-state index in [4.69, 9.17) is 4.74 Å². The lowest BCUT2D eigenvalue weighted by atomic mass is 10.3. The number of morpholine rings is 1. The van der Waals surface area contributed by atoms with Crippen LogP contribution in [0.2, 0.25) is 0 Å². The van der Waals surface area contributed by atoms with Gasteiger partial charge in [-0.25, -0.2) is 4.79 Å². The predicted molar refractivity (Wildman–Crippen MR) is 100 cm³/mol. The molecule has 0 spiro atoms. The van der Waals surface area contributed by atoms with Crippen LogP contribution in [-0.4, -0.2) is 94.0 Å². The minimum atomic E-state index is -3.66. The highest BCUT2D eigenvalue weighted by molar-refractivity contribution is 7.90. The Labute approximate surface area is 158 Å². The first-order chi connectivity index (χ1) is 13.0. The molecule has 0 bridgehead atoms. The quantitative estimate of drug-likeness (QED) is 0.775. The summed E-state index contributed by atoms with van der Waals surface area (Å²) >= 11 is 0. The van der Waals surface area contributed by atoms with Crippen LogP contribution in [0.4, 0.5) is 10.5 Å². The first-order valence-corrected chi connectivity index (χ1v) is 10.5. The number of hydrogen-bond donors (Lipinski definition) is 1. The Bertz CT molecular complexity index is 843. The number of amides is 2. The molecule has 2 fully saturated rings. The van der Waals surface area contributed by atoms with Gasteiger partial charge in [-0.1, -0.05) is 12.1 Å². The Morgan fingerprint density at radius 1 is 1.04 bits per heavy atom. The molecule has 0 atom stereocenters. The Morgan fingerprint density at radius 2 is 1.70 bits per heavy atom. The second-order valence-corrected chi connectivity index (χ2v) is 8.35. The van der Waals surface area contributed by atoms with Crippen molar-refractivity contribution in [1.82, 2.24) is 14.7 Å². The van der Waals surface area contributed by atoms with Gasteiger partial charge in [0.25, 0.3) is 10.0 Å². The van der Waals surface area contributed by atoms with Crippen LogP contribution < -0.4 is 5.32 Å². The van der Waals surface area contributed by atoms with Gasteiger partial charge in [0, 0.05) is 39.3 Å². The normalized spacial score (nSPS) is 22.6. The zero-order chi connectivity index (χ0) is 18.9. The number of anilines is 1. The number of hydrogen-bond acceptors (Lipinski definition) is 6. The van der Waals surface area contributed by atoms with Gasteiger partial charge in [0.2, 0.25) is 0 Å². The van der Waals surface area contributed by atoms with Crippen LogP contribution in [0.3, 0.4) is 0 Å². The molecule has 0 aliphatic carbocycles. The maximum Gasteiger partial charge on any atom is 0.320 e. The second kappa shape index (κ2) is 7.45. The van der Waals surface area contributed by atoms with Crippen LogP contribution in [0.1, 0.15) is 0 Å². The number of rotatable bonds is 2. The van der Waals surface area contributed by atoms with E-state index in [1.807, 2.05) is 9.80 Å². The average molecular weight is 393 g/mol. The Morgan fingerprint density at radius 3 is 2.44 bits per heavy atom. The molecule has 0 unspecified atom stereocenters. The van der Waals surface area contributed by atoms with E-state index in [0.29, 0.717) is 70.6 Å². The maximum absolute atomic E-state index is 12.5. The summed E-state index contributed by atoms with van der Waals surface area (Å²) in [6.45, 7) is 5.46. The lowest BCUT2D eigenvalue weighted by Gasteiger charge is -2.38. The van der Waals surface area contributed by atoms with Gasteiger partial charge in [-0.2, -0.15) is 8.42 Å². The monoisotopic (exact) mass is 393 g/mol. The fourth-order valence-corrected chi connectivity index (χ4v) is 4.64. The van der Waals surface area contributed by atoms with Gasteiger partial charge in [0.1, 0.15) is 10.7 Å². The van der Waals surface area contributed by atoms with Crippen molar-refractivity contribution in [1.29, 1.82) is 0 Å². The minimum Gasteiger partial charge on any atom is -0.378 e. The third-order valence-electron chi connectivity index (χ3n) is 4.97. The largest absolute Gasteiger partial charge is 0.378 e. The van der Waals surface area contributed by atoms with Crippen molar-refractivity contribution in [2.75, 3.05) is 64.3 Å². The molecular weight excluding hydrogens is 370 g/mol. The first kappa shape index (κ1) is 18.2. The first-order valence-electron chi connectivity index (χ1n) is 9.07. The molecule has 0 aromatic heterocycles. The zero-order valence-electron chi connectivity index (χ0n) is 15.0. The topological polar surface area (TPSA) is 94.6 Å². The Balaban J connectivity index is 1.35. The average Bonchev–Trinajstić information content (AvgIpc) is 2.68. The van der Waals surface area contributed by atoms with E-state index < -0.39 is 10.0 Å². The molecular formula is C17H23N5O4S. The molecule has 146 valence electrons. The van der Waals surface area contributed by atoms with Crippen molar-refractivity contribution < 1.29 is 17.9 Å². The molecule has 9 nitrogen and oxygen atoms in total. The molecule has 3 heterocycles. The highest BCUT2D eigenvalue weighted by atomic mass is 32.2. The van der Waals surface area contributed by atoms with Gasteiger partial charge in [-0.15, -0.1) is 4.40 Å². The standard InChI is InChI=1S/C17H23N5O4S/c23-17(22-9-11-26-12-10-22)21-7-5-20(6-8-21)13-16-18-14-3-1-2-4-15(14)27(24,25)19-16/h1-4H,5-13H2,(H,18,19). The van der Waals surface area contributed by atoms with Gasteiger partial charge in [0.15, 0.2) is 0 Å². The molecule has 0 radical (unpaired) electrons. The summed E-state index contributed by atoms with van der Waals surface area (Å²) < 4.78 is 33.9. The third-order valence-corrected chi connectivity index (χ3v) is 6.34. The van der Waals surface area contributed by atoms with Gasteiger partial charge < -0.3 is 19.9 Å². The molecule has 27 heavy (non-hydrogen) atoms. The number of urea groups is 1. The summed E-state index contributed by atoms with van der Waals surface area (Å²) in [6.07, 6.45) is 0. The number of ether oxygens (including phenoxy) is 1. The number of nitrogens with one attached hydrogen (secondary N) is 1. The predicted octanol–water partition coefficient (Wildman–Crippen LogP) is 0.269. The number of sulfonamides is 1. The van der Waals surface area contributed by atoms with Crippen LogP contribution in [0.5, 0.6) is 0 Å². The van der Waals surface area contributed by atoms with Gasteiger partial charge in [-0.05, 0) is 12.1 Å². The number of nitrogens with zero attached hydrogens (tertiary/aromatic N) is 4. The number of amidine groups is 1. The molecule has 10 heteroatoms. The highest BCUT2D eigenvalue weighted by Crippen LogP contribution is 2.26. The molecule has 1 N–H and O–H groups in total. The van der Waals surface area contributed by atoms with Crippen molar-refractivity contribution in [2.24, 2.45) is 4.40 Å². The van der Waals surface area contributed by atoms with E-state index in [-0.39, 0.29) is 10.9 Å². The highest BCUT2D eigenvalue weighted by Gasteiger charge is 2.29. The van der Waals surface area contributed by atoms with Crippen LogP contribution in [0, 0.1) is 0 Å². The summed E-state index contributed by atoms with van der Waals surface area (Å²) in [7, 11) is -3.66. The van der Waals surface area contributed by atoms with Crippen molar-refractivity contribution in [2.45, 2.75) is 4.90 Å². The molecule has 1 aromatic rings. The van der Waals surface area contributed by atoms with E-state index in [0.717, 1.165) is 0 Å². The summed E-state index contributed by atoms with van der Waals surface area (Å²) in [5, 5.41) is 3.11. The third kappa shape index (κ3) is 3.92. The smallest absolute Gasteiger partial charge is 0.320 e. The van der Waals surface area contributed by atoms with E-state index in [1.54, 1.807) is 24.3 Å². The number of carbonyl (C=O) groups is 1. The molecule has 1 aromatic carbocycles. The Hall–Kier alpha value is -2.17. The molecule has 3 aliphatic rings. The molecule has 2 amide bonds. The van der Waals surface area contributed by atoms with Gasteiger partial charge in [-0.3, -0.25) is 4.90 Å². The van der Waals surface area contributed by atoms with E-state index >= 15 is 0 Å². The fourth-order valence-electron chi connectivity index (χ4n) is 3.50.